The van der Waals surface area contributed by atoms with E-state index in [2.05, 4.69) is 15.8 Å². The van der Waals surface area contributed by atoms with Crippen LogP contribution in [0.15, 0.2) is 29.4 Å². The molecule has 0 spiro atoms. The lowest BCUT2D eigenvalue weighted by atomic mass is 10.3. The van der Waals surface area contributed by atoms with Crippen molar-refractivity contribution in [1.82, 2.24) is 0 Å². The maximum Gasteiger partial charge on any atom is 0.128 e. The molecule has 0 amide bonds. The molecule has 0 fully saturated rings. The Bertz CT molecular complexity index is 390. The van der Waals surface area contributed by atoms with Gasteiger partial charge in [-0.05, 0) is 17.7 Å². The number of rotatable bonds is 10. The Hall–Kier alpha value is -1.79. The minimum atomic E-state index is 0.349. The summed E-state index contributed by atoms with van der Waals surface area (Å²) >= 11 is 0. The molecule has 0 radical (unpaired) electrons. The van der Waals surface area contributed by atoms with Gasteiger partial charge in [0.2, 0.25) is 0 Å². The van der Waals surface area contributed by atoms with Crippen LogP contribution in [0.25, 0.3) is 10.4 Å². The van der Waals surface area contributed by atoms with Crippen molar-refractivity contribution in [3.63, 3.8) is 0 Å². The lowest BCUT2D eigenvalue weighted by Gasteiger charge is -2.07. The number of hydrogen-bond acceptors (Lipinski definition) is 4. The number of benzene rings is 1. The van der Waals surface area contributed by atoms with Crippen LogP contribution in [-0.4, -0.2) is 39.6 Å². The quantitative estimate of drug-likeness (QED) is 0.299. The molecule has 19 heavy (non-hydrogen) atoms. The summed E-state index contributed by atoms with van der Waals surface area (Å²) in [4.78, 5) is 2.62. The summed E-state index contributed by atoms with van der Waals surface area (Å²) in [6, 6.07) is 7.55. The van der Waals surface area contributed by atoms with Crippen LogP contribution in [0.2, 0.25) is 0 Å². The minimum Gasteiger partial charge on any atom is -0.491 e. The first-order valence-electron chi connectivity index (χ1n) is 6.04. The third-order valence-corrected chi connectivity index (χ3v) is 2.19. The van der Waals surface area contributed by atoms with Gasteiger partial charge in [-0.25, -0.2) is 0 Å². The van der Waals surface area contributed by atoms with Crippen LogP contribution in [0.4, 0.5) is 5.69 Å². The lowest BCUT2D eigenvalue weighted by molar-refractivity contribution is -0.254. The van der Waals surface area contributed by atoms with Crippen molar-refractivity contribution in [3.8, 4) is 5.75 Å². The standard InChI is InChI=1S/C12H18N4O3/c13-11-1-3-12(4-2-11)19-10-9-18-8-7-17-6-5-15-16-14/h1-4H,5-10,13H2/p+1. The Morgan fingerprint density at radius 3 is 2.32 bits per heavy atom. The molecule has 0 heterocycles. The van der Waals surface area contributed by atoms with E-state index in [-0.39, 0.29) is 0 Å². The largest absolute Gasteiger partial charge is 0.491 e. The Morgan fingerprint density at radius 2 is 1.63 bits per heavy atom. The molecule has 0 bridgehead atoms. The average molecular weight is 267 g/mol. The molecule has 0 aliphatic rings. The molecule has 1 rings (SSSR count). The summed E-state index contributed by atoms with van der Waals surface area (Å²) in [5.74, 6) is 0.807. The van der Waals surface area contributed by atoms with Gasteiger partial charge in [0.25, 0.3) is 0 Å². The van der Waals surface area contributed by atoms with Crippen molar-refractivity contribution >= 4 is 5.69 Å². The molecule has 3 N–H and O–H groups in total. The van der Waals surface area contributed by atoms with E-state index in [0.717, 1.165) is 11.4 Å². The second-order valence-corrected chi connectivity index (χ2v) is 3.67. The second-order valence-electron chi connectivity index (χ2n) is 3.67. The highest BCUT2D eigenvalue weighted by molar-refractivity contribution is 5.34. The molecule has 0 unspecified atom stereocenters. The van der Waals surface area contributed by atoms with Gasteiger partial charge in [0.05, 0.1) is 26.4 Å². The van der Waals surface area contributed by atoms with Crippen molar-refractivity contribution in [2.24, 2.45) is 5.11 Å². The smallest absolute Gasteiger partial charge is 0.128 e. The number of hydrogen-bond donors (Lipinski definition) is 1. The molecular weight excluding hydrogens is 248 g/mol. The molecule has 0 aliphatic heterocycles. The maximum absolute atomic E-state index is 8.04. The van der Waals surface area contributed by atoms with Crippen molar-refractivity contribution in [3.05, 3.63) is 34.7 Å². The van der Waals surface area contributed by atoms with E-state index in [0.29, 0.717) is 39.6 Å². The van der Waals surface area contributed by atoms with Crippen molar-refractivity contribution in [2.45, 2.75) is 0 Å². The van der Waals surface area contributed by atoms with Gasteiger partial charge in [-0.1, -0.05) is 5.11 Å². The summed E-state index contributed by atoms with van der Waals surface area (Å²) in [5, 5.41) is 3.35. The average Bonchev–Trinajstić information content (AvgIpc) is 2.43. The fourth-order valence-electron chi connectivity index (χ4n) is 1.28. The molecule has 0 aromatic heterocycles. The monoisotopic (exact) mass is 267 g/mol. The van der Waals surface area contributed by atoms with Crippen LogP contribution in [-0.2, 0) is 9.47 Å². The van der Waals surface area contributed by atoms with Crippen LogP contribution >= 0.6 is 0 Å². The summed E-state index contributed by atoms with van der Waals surface area (Å²) in [5.41, 5.74) is 12.8. The SMILES string of the molecule is [N-]=[N+]=NCCOCCOCCOc1ccc([NH3+])cc1. The molecule has 7 nitrogen and oxygen atoms in total. The normalized spacial score (nSPS) is 9.95. The van der Waals surface area contributed by atoms with E-state index in [1.54, 1.807) is 0 Å². The van der Waals surface area contributed by atoms with E-state index >= 15 is 0 Å². The Balaban J connectivity index is 1.91. The van der Waals surface area contributed by atoms with Crippen molar-refractivity contribution < 1.29 is 19.9 Å². The summed E-state index contributed by atoms with van der Waals surface area (Å²) in [6.45, 7) is 2.75. The van der Waals surface area contributed by atoms with E-state index in [4.69, 9.17) is 19.7 Å². The highest BCUT2D eigenvalue weighted by Crippen LogP contribution is 2.11. The van der Waals surface area contributed by atoms with Gasteiger partial charge in [0.15, 0.2) is 0 Å². The predicted octanol–water partition coefficient (Wildman–Crippen LogP) is 1.28. The topological polar surface area (TPSA) is 104 Å². The third kappa shape index (κ3) is 8.01. The number of quaternary nitrogens is 1. The molecule has 0 atom stereocenters. The van der Waals surface area contributed by atoms with Gasteiger partial charge < -0.3 is 19.9 Å². The highest BCUT2D eigenvalue weighted by atomic mass is 16.5. The molecule has 1 aromatic rings. The first kappa shape index (κ1) is 15.3. The summed E-state index contributed by atoms with van der Waals surface area (Å²) in [6.07, 6.45) is 0. The van der Waals surface area contributed by atoms with Crippen LogP contribution in [0.3, 0.4) is 0 Å². The molecule has 1 aromatic carbocycles. The number of azide groups is 1. The van der Waals surface area contributed by atoms with Gasteiger partial charge in [0.1, 0.15) is 18.0 Å². The zero-order valence-corrected chi connectivity index (χ0v) is 10.8. The van der Waals surface area contributed by atoms with Gasteiger partial charge in [-0.3, -0.25) is 0 Å². The number of nitrogens with zero attached hydrogens (tertiary/aromatic N) is 3. The Kier molecular flexibility index (Phi) is 8.17. The molecule has 7 heteroatoms. The molecule has 0 aliphatic carbocycles. The van der Waals surface area contributed by atoms with Crippen molar-refractivity contribution in [2.75, 3.05) is 39.6 Å². The van der Waals surface area contributed by atoms with Gasteiger partial charge in [-0.2, -0.15) is 0 Å². The van der Waals surface area contributed by atoms with E-state index in [9.17, 15) is 0 Å². The highest BCUT2D eigenvalue weighted by Gasteiger charge is 1.95. The fraction of sp³-hybridized carbons (Fsp3) is 0.500. The van der Waals surface area contributed by atoms with Gasteiger partial charge in [0, 0.05) is 23.6 Å². The zero-order valence-electron chi connectivity index (χ0n) is 10.8. The molecule has 0 saturated heterocycles. The van der Waals surface area contributed by atoms with E-state index in [1.807, 2.05) is 24.3 Å². The maximum atomic E-state index is 8.04. The van der Waals surface area contributed by atoms with Crippen molar-refractivity contribution in [1.29, 1.82) is 0 Å². The Morgan fingerprint density at radius 1 is 1.00 bits per heavy atom. The number of ether oxygens (including phenoxy) is 3. The predicted molar refractivity (Wildman–Crippen MR) is 70.1 cm³/mol. The molecular formula is C12H19N4O3+. The van der Waals surface area contributed by atoms with Crippen LogP contribution < -0.4 is 10.5 Å². The Labute approximate surface area is 111 Å². The fourth-order valence-corrected chi connectivity index (χ4v) is 1.28. The van der Waals surface area contributed by atoms with Crippen LogP contribution in [0, 0.1) is 0 Å². The first-order valence-corrected chi connectivity index (χ1v) is 6.04. The third-order valence-electron chi connectivity index (χ3n) is 2.19. The van der Waals surface area contributed by atoms with Crippen LogP contribution in [0.5, 0.6) is 5.75 Å². The van der Waals surface area contributed by atoms with E-state index < -0.39 is 0 Å². The summed E-state index contributed by atoms with van der Waals surface area (Å²) < 4.78 is 16.0. The lowest BCUT2D eigenvalue weighted by Crippen LogP contribution is -2.39. The van der Waals surface area contributed by atoms with Gasteiger partial charge in [-0.15, -0.1) is 0 Å². The zero-order chi connectivity index (χ0) is 13.8. The van der Waals surface area contributed by atoms with E-state index in [1.165, 1.54) is 0 Å². The van der Waals surface area contributed by atoms with Crippen LogP contribution in [0.1, 0.15) is 0 Å². The first-order chi connectivity index (χ1) is 9.33. The summed E-state index contributed by atoms with van der Waals surface area (Å²) in [7, 11) is 0. The molecule has 0 saturated carbocycles. The second kappa shape index (κ2) is 10.2. The molecule has 104 valence electrons. The minimum absolute atomic E-state index is 0.349. The van der Waals surface area contributed by atoms with Gasteiger partial charge >= 0.3 is 0 Å².